The highest BCUT2D eigenvalue weighted by Crippen LogP contribution is 2.26. The number of H-pyrrole nitrogens is 1. The Kier molecular flexibility index (Phi) is 3.92. The summed E-state index contributed by atoms with van der Waals surface area (Å²) in [5, 5.41) is 4.07. The molecule has 0 radical (unpaired) electrons. The number of halogens is 1. The first-order valence-corrected chi connectivity index (χ1v) is 8.76. The van der Waals surface area contributed by atoms with Crippen molar-refractivity contribution in [1.29, 1.82) is 0 Å². The maximum absolute atomic E-state index is 12.3. The van der Waals surface area contributed by atoms with Crippen LogP contribution in [0.25, 0.3) is 11.0 Å². The standard InChI is InChI=1S/C15H16ClN5OS/c16-14-12(18-19-23-14)9-20-7-5-10(6-8-20)21-13-4-2-1-3-11(13)17-15(21)22/h1-4,10H,5-9H2,(H,17,22). The van der Waals surface area contributed by atoms with Crippen molar-refractivity contribution >= 4 is 34.2 Å². The van der Waals surface area contributed by atoms with Crippen LogP contribution in [0.4, 0.5) is 0 Å². The minimum atomic E-state index is -0.0172. The van der Waals surface area contributed by atoms with E-state index < -0.39 is 0 Å². The van der Waals surface area contributed by atoms with Gasteiger partial charge in [0.1, 0.15) is 10.0 Å². The Morgan fingerprint density at radius 1 is 1.30 bits per heavy atom. The second-order valence-corrected chi connectivity index (χ2v) is 7.17. The first-order chi connectivity index (χ1) is 11.2. The second-order valence-electron chi connectivity index (χ2n) is 5.82. The summed E-state index contributed by atoms with van der Waals surface area (Å²) in [7, 11) is 0. The lowest BCUT2D eigenvalue weighted by Gasteiger charge is -2.32. The minimum absolute atomic E-state index is 0.0172. The third-order valence-corrected chi connectivity index (χ3v) is 5.41. The molecule has 3 aromatic rings. The first-order valence-electron chi connectivity index (χ1n) is 7.60. The first kappa shape index (κ1) is 14.9. The quantitative estimate of drug-likeness (QED) is 0.789. The molecule has 1 aliphatic rings. The van der Waals surface area contributed by atoms with Crippen LogP contribution in [-0.4, -0.2) is 37.1 Å². The molecule has 1 N–H and O–H groups in total. The number of nitrogens with zero attached hydrogens (tertiary/aromatic N) is 4. The lowest BCUT2D eigenvalue weighted by molar-refractivity contribution is 0.178. The van der Waals surface area contributed by atoms with Gasteiger partial charge >= 0.3 is 5.69 Å². The molecule has 0 saturated carbocycles. The monoisotopic (exact) mass is 349 g/mol. The number of hydrogen-bond acceptors (Lipinski definition) is 5. The van der Waals surface area contributed by atoms with E-state index in [2.05, 4.69) is 19.5 Å². The number of aromatic nitrogens is 4. The molecule has 0 amide bonds. The lowest BCUT2D eigenvalue weighted by atomic mass is 10.0. The Labute approximate surface area is 141 Å². The molecule has 3 heterocycles. The molecule has 0 spiro atoms. The molecule has 0 bridgehead atoms. The van der Waals surface area contributed by atoms with E-state index in [9.17, 15) is 4.79 Å². The van der Waals surface area contributed by atoms with Gasteiger partial charge in [0.2, 0.25) is 0 Å². The normalized spacial score (nSPS) is 17.1. The molecule has 1 saturated heterocycles. The van der Waals surface area contributed by atoms with Crippen molar-refractivity contribution in [3.63, 3.8) is 0 Å². The predicted octanol–water partition coefficient (Wildman–Crippen LogP) is 2.67. The third-order valence-electron chi connectivity index (χ3n) is 4.43. The number of benzene rings is 1. The van der Waals surface area contributed by atoms with Crippen LogP contribution in [0.1, 0.15) is 24.6 Å². The lowest BCUT2D eigenvalue weighted by Crippen LogP contribution is -2.36. The fraction of sp³-hybridized carbons (Fsp3) is 0.400. The van der Waals surface area contributed by atoms with Gasteiger partial charge in [-0.15, -0.1) is 5.10 Å². The van der Waals surface area contributed by atoms with E-state index in [1.54, 1.807) is 0 Å². The van der Waals surface area contributed by atoms with E-state index in [-0.39, 0.29) is 11.7 Å². The average Bonchev–Trinajstić information content (AvgIpc) is 3.11. The van der Waals surface area contributed by atoms with Crippen molar-refractivity contribution in [2.45, 2.75) is 25.4 Å². The Hall–Kier alpha value is -1.70. The molecule has 1 aliphatic heterocycles. The summed E-state index contributed by atoms with van der Waals surface area (Å²) in [5.41, 5.74) is 2.72. The molecule has 1 fully saturated rings. The summed E-state index contributed by atoms with van der Waals surface area (Å²) in [6, 6.07) is 8.09. The van der Waals surface area contributed by atoms with Crippen LogP contribution in [0, 0.1) is 0 Å². The number of rotatable bonds is 3. The van der Waals surface area contributed by atoms with E-state index in [1.165, 1.54) is 11.5 Å². The van der Waals surface area contributed by atoms with Crippen molar-refractivity contribution in [2.75, 3.05) is 13.1 Å². The van der Waals surface area contributed by atoms with E-state index in [4.69, 9.17) is 11.6 Å². The van der Waals surface area contributed by atoms with E-state index in [0.29, 0.717) is 4.34 Å². The van der Waals surface area contributed by atoms with Crippen LogP contribution in [-0.2, 0) is 6.54 Å². The van der Waals surface area contributed by atoms with Crippen LogP contribution in [0.2, 0.25) is 4.34 Å². The minimum Gasteiger partial charge on any atom is -0.306 e. The van der Waals surface area contributed by atoms with Crippen LogP contribution in [0.3, 0.4) is 0 Å². The molecule has 1 aromatic carbocycles. The van der Waals surface area contributed by atoms with Crippen molar-refractivity contribution in [2.24, 2.45) is 0 Å². The van der Waals surface area contributed by atoms with E-state index in [0.717, 1.165) is 49.2 Å². The summed E-state index contributed by atoms with van der Waals surface area (Å²) < 4.78 is 6.45. The van der Waals surface area contributed by atoms with Crippen LogP contribution >= 0.6 is 23.1 Å². The van der Waals surface area contributed by atoms with E-state index >= 15 is 0 Å². The molecule has 0 aliphatic carbocycles. The topological polar surface area (TPSA) is 66.8 Å². The molecule has 2 aromatic heterocycles. The van der Waals surface area contributed by atoms with Gasteiger partial charge in [-0.05, 0) is 25.0 Å². The predicted molar refractivity (Wildman–Crippen MR) is 91.0 cm³/mol. The molecule has 8 heteroatoms. The van der Waals surface area contributed by atoms with Crippen LogP contribution in [0.5, 0.6) is 0 Å². The maximum Gasteiger partial charge on any atom is 0.326 e. The highest BCUT2D eigenvalue weighted by Gasteiger charge is 2.24. The van der Waals surface area contributed by atoms with E-state index in [1.807, 2.05) is 28.8 Å². The fourth-order valence-corrected chi connectivity index (χ4v) is 3.89. The van der Waals surface area contributed by atoms with Gasteiger partial charge in [0.05, 0.1) is 11.0 Å². The number of hydrogen-bond donors (Lipinski definition) is 1. The number of likely N-dealkylation sites (tertiary alicyclic amines) is 1. The van der Waals surface area contributed by atoms with Gasteiger partial charge in [-0.1, -0.05) is 28.2 Å². The molecule has 0 unspecified atom stereocenters. The summed E-state index contributed by atoms with van der Waals surface area (Å²) in [6.07, 6.45) is 1.88. The van der Waals surface area contributed by atoms with Crippen molar-refractivity contribution in [3.8, 4) is 0 Å². The number of piperidine rings is 1. The molecule has 120 valence electrons. The second kappa shape index (κ2) is 6.07. The summed E-state index contributed by atoms with van der Waals surface area (Å²) >= 11 is 7.30. The fourth-order valence-electron chi connectivity index (χ4n) is 3.28. The molecular weight excluding hydrogens is 334 g/mol. The smallest absolute Gasteiger partial charge is 0.306 e. The van der Waals surface area contributed by atoms with Gasteiger partial charge in [-0.2, -0.15) is 0 Å². The summed E-state index contributed by atoms with van der Waals surface area (Å²) in [5.74, 6) is 0. The zero-order valence-electron chi connectivity index (χ0n) is 12.4. The number of fused-ring (bicyclic) bond motifs is 1. The van der Waals surface area contributed by atoms with Gasteiger partial charge < -0.3 is 4.98 Å². The molecule has 23 heavy (non-hydrogen) atoms. The Morgan fingerprint density at radius 3 is 2.83 bits per heavy atom. The van der Waals surface area contributed by atoms with Crippen molar-refractivity contribution in [1.82, 2.24) is 24.0 Å². The zero-order valence-corrected chi connectivity index (χ0v) is 14.0. The van der Waals surface area contributed by atoms with Gasteiger partial charge in [0.25, 0.3) is 0 Å². The van der Waals surface area contributed by atoms with Crippen LogP contribution < -0.4 is 5.69 Å². The SMILES string of the molecule is O=c1[nH]c2ccccc2n1C1CCN(Cc2nnsc2Cl)CC1. The Morgan fingerprint density at radius 2 is 2.09 bits per heavy atom. The summed E-state index contributed by atoms with van der Waals surface area (Å²) in [6.45, 7) is 2.57. The molecule has 0 atom stereocenters. The van der Waals surface area contributed by atoms with Crippen molar-refractivity contribution < 1.29 is 0 Å². The van der Waals surface area contributed by atoms with Gasteiger partial charge in [0, 0.05) is 37.2 Å². The molecule has 4 rings (SSSR count). The van der Waals surface area contributed by atoms with Crippen molar-refractivity contribution in [3.05, 3.63) is 44.8 Å². The maximum atomic E-state index is 12.3. The average molecular weight is 350 g/mol. The van der Waals surface area contributed by atoms with Gasteiger partial charge in [0.15, 0.2) is 0 Å². The van der Waals surface area contributed by atoms with Crippen LogP contribution in [0.15, 0.2) is 29.1 Å². The largest absolute Gasteiger partial charge is 0.326 e. The molecular formula is C15H16ClN5OS. The number of nitrogens with one attached hydrogen (secondary N) is 1. The zero-order chi connectivity index (χ0) is 15.8. The van der Waals surface area contributed by atoms with Gasteiger partial charge in [-0.25, -0.2) is 4.79 Å². The summed E-state index contributed by atoms with van der Waals surface area (Å²) in [4.78, 5) is 17.5. The van der Waals surface area contributed by atoms with Gasteiger partial charge in [-0.3, -0.25) is 9.47 Å². The highest BCUT2D eigenvalue weighted by molar-refractivity contribution is 7.10. The Balaban J connectivity index is 1.50. The number of para-hydroxylation sites is 2. The molecule has 6 nitrogen and oxygen atoms in total. The number of imidazole rings is 1. The number of aromatic amines is 1. The Bertz CT molecular complexity index is 877. The third kappa shape index (κ3) is 2.80. The highest BCUT2D eigenvalue weighted by atomic mass is 35.5.